The third kappa shape index (κ3) is 3.80. The number of piperidine rings is 1. The average molecular weight is 264 g/mol. The van der Waals surface area contributed by atoms with Crippen LogP contribution in [0, 0.1) is 11.3 Å². The Labute approximate surface area is 117 Å². The third-order valence-corrected chi connectivity index (χ3v) is 4.42. The average Bonchev–Trinajstić information content (AvgIpc) is 2.75. The first-order valence-electron chi connectivity index (χ1n) is 7.33. The fourth-order valence-electron chi connectivity index (χ4n) is 3.00. The van der Waals surface area contributed by atoms with Crippen molar-refractivity contribution in [2.24, 2.45) is 24.1 Å². The van der Waals surface area contributed by atoms with Gasteiger partial charge in [-0.15, -0.1) is 0 Å². The summed E-state index contributed by atoms with van der Waals surface area (Å²) in [4.78, 5) is 2.50. The largest absolute Gasteiger partial charge is 0.323 e. The zero-order valence-corrected chi connectivity index (χ0v) is 12.8. The van der Waals surface area contributed by atoms with Gasteiger partial charge in [0.05, 0.1) is 6.20 Å². The molecule has 108 valence electrons. The van der Waals surface area contributed by atoms with Gasteiger partial charge in [-0.3, -0.25) is 4.68 Å². The minimum absolute atomic E-state index is 0.0832. The SMILES string of the molecule is Cn1cc(C(N)CN2CCC(C(C)(C)C)CC2)cn1. The van der Waals surface area contributed by atoms with Crippen LogP contribution in [-0.4, -0.2) is 34.3 Å². The number of nitrogens with zero attached hydrogens (tertiary/aromatic N) is 3. The molecule has 0 bridgehead atoms. The van der Waals surface area contributed by atoms with E-state index >= 15 is 0 Å². The highest BCUT2D eigenvalue weighted by atomic mass is 15.2. The van der Waals surface area contributed by atoms with Crippen molar-refractivity contribution in [3.8, 4) is 0 Å². The molecule has 0 aromatic carbocycles. The second kappa shape index (κ2) is 5.63. The molecule has 0 spiro atoms. The van der Waals surface area contributed by atoms with Crippen LogP contribution in [0.1, 0.15) is 45.2 Å². The number of hydrogen-bond donors (Lipinski definition) is 1. The molecule has 0 amide bonds. The second-order valence-electron chi connectivity index (χ2n) is 6.99. The summed E-state index contributed by atoms with van der Waals surface area (Å²) in [6.07, 6.45) is 6.49. The van der Waals surface area contributed by atoms with Gasteiger partial charge in [0.15, 0.2) is 0 Å². The molecule has 1 aliphatic rings. The summed E-state index contributed by atoms with van der Waals surface area (Å²) >= 11 is 0. The summed E-state index contributed by atoms with van der Waals surface area (Å²) in [7, 11) is 1.94. The molecule has 1 aromatic rings. The van der Waals surface area contributed by atoms with Crippen LogP contribution in [0.3, 0.4) is 0 Å². The predicted octanol–water partition coefficient (Wildman–Crippen LogP) is 2.18. The molecule has 19 heavy (non-hydrogen) atoms. The van der Waals surface area contributed by atoms with E-state index in [1.807, 2.05) is 24.1 Å². The van der Waals surface area contributed by atoms with Gasteiger partial charge in [-0.1, -0.05) is 20.8 Å². The standard InChI is InChI=1S/C15H28N4/c1-15(2,3)13-5-7-19(8-6-13)11-14(16)12-9-17-18(4)10-12/h9-10,13-14H,5-8,11,16H2,1-4H3. The first-order chi connectivity index (χ1) is 8.86. The number of hydrogen-bond acceptors (Lipinski definition) is 3. The Balaban J connectivity index is 1.82. The monoisotopic (exact) mass is 264 g/mol. The highest BCUT2D eigenvalue weighted by molar-refractivity contribution is 5.10. The van der Waals surface area contributed by atoms with Crippen molar-refractivity contribution in [3.63, 3.8) is 0 Å². The Kier molecular flexibility index (Phi) is 4.31. The van der Waals surface area contributed by atoms with Crippen molar-refractivity contribution in [2.75, 3.05) is 19.6 Å². The first kappa shape index (κ1) is 14.5. The molecule has 2 N–H and O–H groups in total. The first-order valence-corrected chi connectivity index (χ1v) is 7.33. The molecule has 4 nitrogen and oxygen atoms in total. The molecule has 1 aromatic heterocycles. The molecule has 0 saturated carbocycles. The van der Waals surface area contributed by atoms with E-state index < -0.39 is 0 Å². The van der Waals surface area contributed by atoms with E-state index in [0.29, 0.717) is 5.41 Å². The van der Waals surface area contributed by atoms with Crippen LogP contribution in [0.15, 0.2) is 12.4 Å². The summed E-state index contributed by atoms with van der Waals surface area (Å²) in [5, 5.41) is 4.19. The number of aryl methyl sites for hydroxylation is 1. The molecule has 0 aliphatic carbocycles. The lowest BCUT2D eigenvalue weighted by atomic mass is 9.75. The lowest BCUT2D eigenvalue weighted by molar-refractivity contribution is 0.108. The van der Waals surface area contributed by atoms with E-state index in [0.717, 1.165) is 18.0 Å². The minimum Gasteiger partial charge on any atom is -0.323 e. The van der Waals surface area contributed by atoms with Gasteiger partial charge in [0.2, 0.25) is 0 Å². The maximum absolute atomic E-state index is 6.26. The van der Waals surface area contributed by atoms with Gasteiger partial charge in [0.1, 0.15) is 0 Å². The van der Waals surface area contributed by atoms with Gasteiger partial charge < -0.3 is 10.6 Å². The fourth-order valence-corrected chi connectivity index (χ4v) is 3.00. The molecule has 2 rings (SSSR count). The Morgan fingerprint density at radius 2 is 2.00 bits per heavy atom. The van der Waals surface area contributed by atoms with E-state index in [-0.39, 0.29) is 6.04 Å². The van der Waals surface area contributed by atoms with E-state index in [1.54, 1.807) is 0 Å². The topological polar surface area (TPSA) is 47.1 Å². The van der Waals surface area contributed by atoms with Crippen LogP contribution in [0.4, 0.5) is 0 Å². The quantitative estimate of drug-likeness (QED) is 0.910. The predicted molar refractivity (Wildman–Crippen MR) is 78.8 cm³/mol. The molecule has 1 aliphatic heterocycles. The van der Waals surface area contributed by atoms with Crippen molar-refractivity contribution in [2.45, 2.75) is 39.7 Å². The van der Waals surface area contributed by atoms with Gasteiger partial charge in [-0.2, -0.15) is 5.10 Å². The second-order valence-corrected chi connectivity index (χ2v) is 6.99. The van der Waals surface area contributed by atoms with E-state index in [4.69, 9.17) is 5.73 Å². The van der Waals surface area contributed by atoms with Gasteiger partial charge >= 0.3 is 0 Å². The van der Waals surface area contributed by atoms with Crippen molar-refractivity contribution in [3.05, 3.63) is 18.0 Å². The van der Waals surface area contributed by atoms with Crippen molar-refractivity contribution in [1.82, 2.24) is 14.7 Å². The van der Waals surface area contributed by atoms with Crippen molar-refractivity contribution >= 4 is 0 Å². The number of nitrogens with two attached hydrogens (primary N) is 1. The molecule has 4 heteroatoms. The minimum atomic E-state index is 0.0832. The zero-order chi connectivity index (χ0) is 14.0. The lowest BCUT2D eigenvalue weighted by Crippen LogP contribution is -2.41. The van der Waals surface area contributed by atoms with Crippen LogP contribution < -0.4 is 5.73 Å². The van der Waals surface area contributed by atoms with Crippen molar-refractivity contribution < 1.29 is 0 Å². The Bertz CT molecular complexity index is 397. The van der Waals surface area contributed by atoms with Crippen LogP contribution in [-0.2, 0) is 7.05 Å². The lowest BCUT2D eigenvalue weighted by Gasteiger charge is -2.39. The van der Waals surface area contributed by atoms with Gasteiger partial charge in [-0.25, -0.2) is 0 Å². The van der Waals surface area contributed by atoms with Crippen LogP contribution in [0.2, 0.25) is 0 Å². The number of rotatable bonds is 3. The van der Waals surface area contributed by atoms with Crippen molar-refractivity contribution in [1.29, 1.82) is 0 Å². The summed E-state index contributed by atoms with van der Waals surface area (Å²) in [5.74, 6) is 0.846. The summed E-state index contributed by atoms with van der Waals surface area (Å²) in [6, 6.07) is 0.0832. The van der Waals surface area contributed by atoms with Crippen LogP contribution in [0.25, 0.3) is 0 Å². The normalized spacial score (nSPS) is 20.7. The fraction of sp³-hybridized carbons (Fsp3) is 0.800. The van der Waals surface area contributed by atoms with E-state index in [2.05, 4.69) is 30.8 Å². The summed E-state index contributed by atoms with van der Waals surface area (Å²) in [6.45, 7) is 10.4. The third-order valence-electron chi connectivity index (χ3n) is 4.42. The zero-order valence-electron chi connectivity index (χ0n) is 12.8. The molecule has 1 fully saturated rings. The Hall–Kier alpha value is -0.870. The summed E-state index contributed by atoms with van der Waals surface area (Å²) < 4.78 is 1.82. The molecular weight excluding hydrogens is 236 g/mol. The van der Waals surface area contributed by atoms with Gasteiger partial charge in [-0.05, 0) is 37.3 Å². The van der Waals surface area contributed by atoms with Crippen LogP contribution in [0.5, 0.6) is 0 Å². The Morgan fingerprint density at radius 3 is 2.47 bits per heavy atom. The maximum atomic E-state index is 6.26. The summed E-state index contributed by atoms with van der Waals surface area (Å²) in [5.41, 5.74) is 7.85. The Morgan fingerprint density at radius 1 is 1.37 bits per heavy atom. The molecule has 0 radical (unpaired) electrons. The number of aromatic nitrogens is 2. The molecule has 1 atom stereocenters. The highest BCUT2D eigenvalue weighted by Crippen LogP contribution is 2.34. The van der Waals surface area contributed by atoms with E-state index in [9.17, 15) is 0 Å². The maximum Gasteiger partial charge on any atom is 0.0537 e. The molecule has 1 unspecified atom stereocenters. The van der Waals surface area contributed by atoms with E-state index in [1.165, 1.54) is 25.9 Å². The van der Waals surface area contributed by atoms with Gasteiger partial charge in [0.25, 0.3) is 0 Å². The molecule has 2 heterocycles. The smallest absolute Gasteiger partial charge is 0.0537 e. The molecule has 1 saturated heterocycles. The molecular formula is C15H28N4. The number of likely N-dealkylation sites (tertiary alicyclic amines) is 1. The highest BCUT2D eigenvalue weighted by Gasteiger charge is 2.29. The van der Waals surface area contributed by atoms with Gasteiger partial charge in [0, 0.05) is 31.4 Å². The van der Waals surface area contributed by atoms with Crippen LogP contribution >= 0.6 is 0 Å².